The van der Waals surface area contributed by atoms with Crippen LogP contribution in [0.3, 0.4) is 0 Å². The van der Waals surface area contributed by atoms with Crippen LogP contribution in [-0.4, -0.2) is 32.2 Å². The smallest absolute Gasteiger partial charge is 0.270 e. The zero-order valence-corrected chi connectivity index (χ0v) is 21.6. The van der Waals surface area contributed by atoms with E-state index in [0.29, 0.717) is 34.3 Å². The molecule has 0 atom stereocenters. The van der Waals surface area contributed by atoms with E-state index in [0.717, 1.165) is 34.2 Å². The largest absolute Gasteiger partial charge is 0.375 e. The molecular formula is C26H26N6O2S2. The van der Waals surface area contributed by atoms with E-state index < -0.39 is 0 Å². The topological polar surface area (TPSA) is 114 Å². The normalized spacial score (nSPS) is 11.4. The minimum absolute atomic E-state index is 0.0658. The van der Waals surface area contributed by atoms with Gasteiger partial charge in [-0.2, -0.15) is 11.3 Å². The summed E-state index contributed by atoms with van der Waals surface area (Å²) in [6, 6.07) is 11.3. The van der Waals surface area contributed by atoms with Gasteiger partial charge in [-0.05, 0) is 54.1 Å². The van der Waals surface area contributed by atoms with Crippen molar-refractivity contribution in [2.75, 3.05) is 5.73 Å². The van der Waals surface area contributed by atoms with Crippen molar-refractivity contribution in [2.45, 2.75) is 39.3 Å². The summed E-state index contributed by atoms with van der Waals surface area (Å²) in [6.45, 7) is 4.44. The van der Waals surface area contributed by atoms with Crippen LogP contribution in [0.4, 0.5) is 5.13 Å². The zero-order chi connectivity index (χ0) is 25.2. The number of benzene rings is 1. The first kappa shape index (κ1) is 24.0. The molecule has 2 amide bonds. The van der Waals surface area contributed by atoms with E-state index in [4.69, 9.17) is 10.7 Å². The maximum Gasteiger partial charge on any atom is 0.270 e. The lowest BCUT2D eigenvalue weighted by atomic mass is 10.1. The summed E-state index contributed by atoms with van der Waals surface area (Å²) in [6.07, 6.45) is 3.44. The predicted octanol–water partition coefficient (Wildman–Crippen LogP) is 5.10. The molecule has 1 aromatic carbocycles. The van der Waals surface area contributed by atoms with Gasteiger partial charge in [0, 0.05) is 29.7 Å². The number of carbonyl (C=O) groups excluding carboxylic acids is 2. The average molecular weight is 519 g/mol. The van der Waals surface area contributed by atoms with Crippen LogP contribution in [-0.2, 0) is 6.54 Å². The number of thiazole rings is 1. The number of nitrogens with zero attached hydrogens (tertiary/aromatic N) is 3. The predicted molar refractivity (Wildman–Crippen MR) is 146 cm³/mol. The first-order valence-corrected chi connectivity index (χ1v) is 13.5. The molecule has 5 aromatic rings. The molecule has 0 radical (unpaired) electrons. The van der Waals surface area contributed by atoms with Gasteiger partial charge in [-0.1, -0.05) is 31.3 Å². The van der Waals surface area contributed by atoms with Gasteiger partial charge in [0.2, 0.25) is 0 Å². The molecule has 4 N–H and O–H groups in total. The summed E-state index contributed by atoms with van der Waals surface area (Å²) in [5, 5.41) is 10.5. The van der Waals surface area contributed by atoms with Crippen molar-refractivity contribution in [2.24, 2.45) is 0 Å². The standard InChI is InChI=1S/C26H26N6O2S2/c1-3-17(4-2)29-25(34)22-21(16-9-11-35-14-16)31-23-18(6-5-10-32(22)23)24(33)28-13-15-7-8-19-20(12-15)36-26(27)30-19/h5-12,14,17H,3-4,13H2,1-2H3,(H2,27,30)(H,28,33)(H,29,34). The maximum absolute atomic E-state index is 13.4. The van der Waals surface area contributed by atoms with E-state index in [1.54, 1.807) is 22.7 Å². The van der Waals surface area contributed by atoms with Gasteiger partial charge in [-0.15, -0.1) is 0 Å². The molecule has 4 heterocycles. The van der Waals surface area contributed by atoms with Gasteiger partial charge in [0.25, 0.3) is 11.8 Å². The third-order valence-corrected chi connectivity index (χ3v) is 7.68. The van der Waals surface area contributed by atoms with Gasteiger partial charge in [0.1, 0.15) is 11.4 Å². The average Bonchev–Trinajstić information content (AvgIpc) is 3.62. The number of thiophene rings is 1. The van der Waals surface area contributed by atoms with Crippen LogP contribution in [0, 0.1) is 0 Å². The van der Waals surface area contributed by atoms with Crippen LogP contribution in [0.5, 0.6) is 0 Å². The number of imidazole rings is 1. The number of amides is 2. The quantitative estimate of drug-likeness (QED) is 0.264. The number of aromatic nitrogens is 3. The molecule has 0 aliphatic carbocycles. The molecule has 0 aliphatic rings. The number of nitrogens with two attached hydrogens (primary N) is 1. The molecule has 0 bridgehead atoms. The number of anilines is 1. The van der Waals surface area contributed by atoms with Gasteiger partial charge < -0.3 is 16.4 Å². The summed E-state index contributed by atoms with van der Waals surface area (Å²) < 4.78 is 2.69. The second-order valence-electron chi connectivity index (χ2n) is 8.46. The lowest BCUT2D eigenvalue weighted by molar-refractivity contribution is 0.0925. The highest BCUT2D eigenvalue weighted by Crippen LogP contribution is 2.28. The van der Waals surface area contributed by atoms with Gasteiger partial charge in [0.15, 0.2) is 10.8 Å². The summed E-state index contributed by atoms with van der Waals surface area (Å²) in [5.41, 5.74) is 10.3. The van der Waals surface area contributed by atoms with E-state index in [9.17, 15) is 9.59 Å². The van der Waals surface area contributed by atoms with E-state index in [1.165, 1.54) is 22.7 Å². The third-order valence-electron chi connectivity index (χ3n) is 6.15. The fraction of sp³-hybridized carbons (Fsp3) is 0.231. The molecule has 0 unspecified atom stereocenters. The molecule has 10 heteroatoms. The first-order chi connectivity index (χ1) is 17.5. The molecule has 0 spiro atoms. The number of fused-ring (bicyclic) bond motifs is 2. The Morgan fingerprint density at radius 3 is 2.69 bits per heavy atom. The highest BCUT2D eigenvalue weighted by atomic mass is 32.1. The molecule has 36 heavy (non-hydrogen) atoms. The molecule has 0 aliphatic heterocycles. The fourth-order valence-corrected chi connectivity index (χ4v) is 5.62. The van der Waals surface area contributed by atoms with Gasteiger partial charge >= 0.3 is 0 Å². The Labute approximate surface area is 216 Å². The van der Waals surface area contributed by atoms with Crippen LogP contribution in [0.25, 0.3) is 27.1 Å². The number of pyridine rings is 1. The Morgan fingerprint density at radius 1 is 1.11 bits per heavy atom. The van der Waals surface area contributed by atoms with Crippen molar-refractivity contribution >= 4 is 55.5 Å². The Morgan fingerprint density at radius 2 is 1.94 bits per heavy atom. The Hall–Kier alpha value is -3.76. The van der Waals surface area contributed by atoms with E-state index in [-0.39, 0.29) is 17.9 Å². The summed E-state index contributed by atoms with van der Waals surface area (Å²) in [4.78, 5) is 35.7. The minimum Gasteiger partial charge on any atom is -0.375 e. The molecule has 184 valence electrons. The van der Waals surface area contributed by atoms with Crippen LogP contribution in [0.1, 0.15) is 53.1 Å². The van der Waals surface area contributed by atoms with E-state index >= 15 is 0 Å². The van der Waals surface area contributed by atoms with E-state index in [1.807, 2.05) is 48.9 Å². The SMILES string of the molecule is CCC(CC)NC(=O)c1c(-c2ccsc2)nc2c(C(=O)NCc3ccc4nc(N)sc4c3)cccn12. The molecule has 4 aromatic heterocycles. The van der Waals surface area contributed by atoms with Crippen molar-refractivity contribution in [3.8, 4) is 11.3 Å². The number of carbonyl (C=O) groups is 2. The number of rotatable bonds is 8. The van der Waals surface area contributed by atoms with Crippen LogP contribution >= 0.6 is 22.7 Å². The number of nitrogens with one attached hydrogen (secondary N) is 2. The van der Waals surface area contributed by atoms with Crippen LogP contribution in [0.2, 0.25) is 0 Å². The molecule has 5 rings (SSSR count). The zero-order valence-electron chi connectivity index (χ0n) is 19.9. The molecule has 0 saturated carbocycles. The summed E-state index contributed by atoms with van der Waals surface area (Å²) in [7, 11) is 0. The van der Waals surface area contributed by atoms with Gasteiger partial charge in [-0.25, -0.2) is 9.97 Å². The second kappa shape index (κ2) is 10.1. The van der Waals surface area contributed by atoms with Crippen molar-refractivity contribution in [1.82, 2.24) is 25.0 Å². The summed E-state index contributed by atoms with van der Waals surface area (Å²) >= 11 is 2.95. The monoisotopic (exact) mass is 518 g/mol. The summed E-state index contributed by atoms with van der Waals surface area (Å²) in [5.74, 6) is -0.467. The molecule has 0 fully saturated rings. The van der Waals surface area contributed by atoms with Crippen LogP contribution < -0.4 is 16.4 Å². The number of nitrogen functional groups attached to an aromatic ring is 1. The van der Waals surface area contributed by atoms with Crippen molar-refractivity contribution < 1.29 is 9.59 Å². The third kappa shape index (κ3) is 4.57. The first-order valence-electron chi connectivity index (χ1n) is 11.8. The Bertz CT molecular complexity index is 1550. The van der Waals surface area contributed by atoms with Crippen molar-refractivity contribution in [3.05, 3.63) is 70.2 Å². The lowest BCUT2D eigenvalue weighted by Crippen LogP contribution is -2.34. The van der Waals surface area contributed by atoms with Crippen LogP contribution in [0.15, 0.2) is 53.4 Å². The highest BCUT2D eigenvalue weighted by Gasteiger charge is 2.25. The number of hydrogen-bond acceptors (Lipinski definition) is 7. The lowest BCUT2D eigenvalue weighted by Gasteiger charge is -2.15. The van der Waals surface area contributed by atoms with Crippen molar-refractivity contribution in [3.63, 3.8) is 0 Å². The van der Waals surface area contributed by atoms with Crippen molar-refractivity contribution in [1.29, 1.82) is 0 Å². The maximum atomic E-state index is 13.4. The molecule has 0 saturated heterocycles. The number of hydrogen-bond donors (Lipinski definition) is 3. The molecular weight excluding hydrogens is 492 g/mol. The Balaban J connectivity index is 1.48. The minimum atomic E-state index is -0.265. The van der Waals surface area contributed by atoms with E-state index in [2.05, 4.69) is 15.6 Å². The highest BCUT2D eigenvalue weighted by molar-refractivity contribution is 7.22. The molecule has 8 nitrogen and oxygen atoms in total. The van der Waals surface area contributed by atoms with Gasteiger partial charge in [0.05, 0.1) is 15.8 Å². The second-order valence-corrected chi connectivity index (χ2v) is 10.3. The van der Waals surface area contributed by atoms with Gasteiger partial charge in [-0.3, -0.25) is 14.0 Å². The fourth-order valence-electron chi connectivity index (χ4n) is 4.18. The Kier molecular flexibility index (Phi) is 6.71.